The van der Waals surface area contributed by atoms with Gasteiger partial charge in [0, 0.05) is 32.7 Å². The lowest BCUT2D eigenvalue weighted by Gasteiger charge is -2.45. The molecule has 27 heavy (non-hydrogen) atoms. The molecule has 0 bridgehead atoms. The number of pyridine rings is 1. The van der Waals surface area contributed by atoms with Gasteiger partial charge in [0.05, 0.1) is 5.69 Å². The van der Waals surface area contributed by atoms with Crippen LogP contribution in [0.5, 0.6) is 0 Å². The maximum absolute atomic E-state index is 11.7. The molecule has 1 unspecified atom stereocenters. The third kappa shape index (κ3) is 4.75. The first-order valence-corrected chi connectivity index (χ1v) is 10.5. The van der Waals surface area contributed by atoms with Gasteiger partial charge in [-0.25, -0.2) is 4.98 Å². The molecule has 1 atom stereocenters. The van der Waals surface area contributed by atoms with Gasteiger partial charge in [0.1, 0.15) is 5.69 Å². The molecule has 5 nitrogen and oxygen atoms in total. The van der Waals surface area contributed by atoms with Gasteiger partial charge < -0.3 is 10.2 Å². The molecule has 1 amide bonds. The summed E-state index contributed by atoms with van der Waals surface area (Å²) in [4.78, 5) is 21.0. The van der Waals surface area contributed by atoms with Gasteiger partial charge >= 0.3 is 0 Å². The summed E-state index contributed by atoms with van der Waals surface area (Å²) < 4.78 is 0. The highest BCUT2D eigenvalue weighted by Gasteiger charge is 2.33. The van der Waals surface area contributed by atoms with Crippen molar-refractivity contribution >= 4 is 23.2 Å². The van der Waals surface area contributed by atoms with Crippen LogP contribution in [0.2, 0.25) is 5.15 Å². The molecule has 2 saturated heterocycles. The minimum Gasteiger partial charge on any atom is -0.369 e. The quantitative estimate of drug-likeness (QED) is 0.794. The number of nitrogens with zero attached hydrogens (tertiary/aromatic N) is 3. The molecular weight excluding hydrogens is 360 g/mol. The first-order chi connectivity index (χ1) is 12.8. The fourth-order valence-electron chi connectivity index (χ4n) is 4.43. The van der Waals surface area contributed by atoms with E-state index >= 15 is 0 Å². The molecule has 2 aliphatic rings. The van der Waals surface area contributed by atoms with Gasteiger partial charge in [-0.1, -0.05) is 32.4 Å². The van der Waals surface area contributed by atoms with E-state index in [1.165, 1.54) is 25.9 Å². The van der Waals surface area contributed by atoms with Crippen molar-refractivity contribution in [1.29, 1.82) is 0 Å². The predicted molar refractivity (Wildman–Crippen MR) is 112 cm³/mol. The monoisotopic (exact) mass is 392 g/mol. The number of hydrogen-bond donors (Lipinski definition) is 1. The molecule has 0 aliphatic carbocycles. The number of aromatic nitrogens is 1. The van der Waals surface area contributed by atoms with Gasteiger partial charge in [0.2, 0.25) is 0 Å². The Balaban J connectivity index is 1.60. The minimum atomic E-state index is -0.208. The number of carbonyl (C=O) groups is 1. The Hall–Kier alpha value is -1.33. The molecule has 1 aromatic heterocycles. The van der Waals surface area contributed by atoms with Crippen LogP contribution in [-0.4, -0.2) is 55.1 Å². The van der Waals surface area contributed by atoms with E-state index in [9.17, 15) is 4.79 Å². The van der Waals surface area contributed by atoms with E-state index in [0.29, 0.717) is 22.3 Å². The average Bonchev–Trinajstić information content (AvgIpc) is 2.67. The summed E-state index contributed by atoms with van der Waals surface area (Å²) in [6, 6.07) is 4.35. The van der Waals surface area contributed by atoms with E-state index in [1.54, 1.807) is 13.1 Å². The summed E-state index contributed by atoms with van der Waals surface area (Å²) in [5.74, 6) is 0.584. The third-order valence-corrected chi connectivity index (χ3v) is 6.57. The summed E-state index contributed by atoms with van der Waals surface area (Å²) in [7, 11) is 1.60. The number of carbonyl (C=O) groups excluding carboxylic acids is 1. The SMILES string of the molecule is CNC(=O)c1ccc(N2CCC(N3CCCC(C(C)(C)C)C3)CC2)c(Cl)n1. The topological polar surface area (TPSA) is 48.5 Å². The van der Waals surface area contributed by atoms with Crippen LogP contribution in [0.25, 0.3) is 0 Å². The Bertz CT molecular complexity index is 665. The Morgan fingerprint density at radius 2 is 1.89 bits per heavy atom. The predicted octanol–water partition coefficient (Wildman–Crippen LogP) is 3.82. The fraction of sp³-hybridized carbons (Fsp3) is 0.714. The zero-order chi connectivity index (χ0) is 19.6. The molecule has 0 radical (unpaired) electrons. The van der Waals surface area contributed by atoms with Crippen molar-refractivity contribution in [2.75, 3.05) is 38.1 Å². The van der Waals surface area contributed by atoms with Crippen LogP contribution < -0.4 is 10.2 Å². The molecule has 1 aromatic rings. The van der Waals surface area contributed by atoms with Gasteiger partial charge in [-0.05, 0) is 55.7 Å². The average molecular weight is 393 g/mol. The number of likely N-dealkylation sites (tertiary alicyclic amines) is 1. The number of piperidine rings is 2. The highest BCUT2D eigenvalue weighted by Crippen LogP contribution is 2.35. The highest BCUT2D eigenvalue weighted by molar-refractivity contribution is 6.32. The summed E-state index contributed by atoms with van der Waals surface area (Å²) in [6.07, 6.45) is 4.99. The van der Waals surface area contributed by atoms with Crippen molar-refractivity contribution < 1.29 is 4.79 Å². The van der Waals surface area contributed by atoms with Crippen LogP contribution in [0.3, 0.4) is 0 Å². The van der Waals surface area contributed by atoms with Crippen LogP contribution >= 0.6 is 11.6 Å². The van der Waals surface area contributed by atoms with Gasteiger partial charge in [-0.3, -0.25) is 9.69 Å². The summed E-state index contributed by atoms with van der Waals surface area (Å²) in [5, 5.41) is 3.00. The van der Waals surface area contributed by atoms with E-state index < -0.39 is 0 Å². The van der Waals surface area contributed by atoms with Gasteiger partial charge in [-0.15, -0.1) is 0 Å². The second-order valence-electron chi connectivity index (χ2n) is 9.00. The number of rotatable bonds is 3. The molecule has 150 valence electrons. The van der Waals surface area contributed by atoms with Gasteiger partial charge in [0.25, 0.3) is 5.91 Å². The van der Waals surface area contributed by atoms with Crippen molar-refractivity contribution in [2.24, 2.45) is 11.3 Å². The molecular formula is C21H33ClN4O. The van der Waals surface area contributed by atoms with Crippen molar-refractivity contribution in [1.82, 2.24) is 15.2 Å². The summed E-state index contributed by atoms with van der Waals surface area (Å²) in [6.45, 7) is 11.6. The molecule has 2 fully saturated rings. The van der Waals surface area contributed by atoms with Crippen molar-refractivity contribution in [3.8, 4) is 0 Å². The van der Waals surface area contributed by atoms with E-state index in [1.807, 2.05) is 6.07 Å². The molecule has 1 N–H and O–H groups in total. The lowest BCUT2D eigenvalue weighted by atomic mass is 9.76. The normalized spacial score (nSPS) is 22.7. The third-order valence-electron chi connectivity index (χ3n) is 6.29. The van der Waals surface area contributed by atoms with E-state index in [0.717, 1.165) is 37.5 Å². The van der Waals surface area contributed by atoms with Crippen LogP contribution in [0.4, 0.5) is 5.69 Å². The van der Waals surface area contributed by atoms with Crippen LogP contribution in [-0.2, 0) is 0 Å². The standard InChI is InChI=1S/C21H33ClN4O/c1-21(2,3)15-6-5-11-26(14-15)16-9-12-25(13-10-16)18-8-7-17(20(27)23-4)24-19(18)22/h7-8,15-16H,5-6,9-14H2,1-4H3,(H,23,27). The Labute approximate surface area is 168 Å². The van der Waals surface area contributed by atoms with Crippen LogP contribution in [0, 0.1) is 11.3 Å². The minimum absolute atomic E-state index is 0.208. The van der Waals surface area contributed by atoms with E-state index in [2.05, 4.69) is 40.9 Å². The molecule has 0 saturated carbocycles. The first-order valence-electron chi connectivity index (χ1n) is 10.2. The molecule has 3 heterocycles. The fourth-order valence-corrected chi connectivity index (χ4v) is 4.71. The zero-order valence-corrected chi connectivity index (χ0v) is 17.9. The second-order valence-corrected chi connectivity index (χ2v) is 9.36. The molecule has 3 rings (SSSR count). The van der Waals surface area contributed by atoms with Crippen LogP contribution in [0.15, 0.2) is 12.1 Å². The van der Waals surface area contributed by atoms with Crippen molar-refractivity contribution in [2.45, 2.75) is 52.5 Å². The number of hydrogen-bond acceptors (Lipinski definition) is 4. The van der Waals surface area contributed by atoms with Gasteiger partial charge in [-0.2, -0.15) is 0 Å². The summed E-state index contributed by atoms with van der Waals surface area (Å²) in [5.41, 5.74) is 1.70. The van der Waals surface area contributed by atoms with E-state index in [4.69, 9.17) is 11.6 Å². The molecule has 6 heteroatoms. The molecule has 2 aliphatic heterocycles. The number of halogens is 1. The number of nitrogens with one attached hydrogen (secondary N) is 1. The maximum atomic E-state index is 11.7. The largest absolute Gasteiger partial charge is 0.369 e. The van der Waals surface area contributed by atoms with Crippen molar-refractivity contribution in [3.05, 3.63) is 23.0 Å². The Morgan fingerprint density at radius 1 is 1.19 bits per heavy atom. The van der Waals surface area contributed by atoms with Gasteiger partial charge in [0.15, 0.2) is 5.15 Å². The number of amides is 1. The zero-order valence-electron chi connectivity index (χ0n) is 17.1. The highest BCUT2D eigenvalue weighted by atomic mass is 35.5. The molecule has 0 aromatic carbocycles. The van der Waals surface area contributed by atoms with Crippen molar-refractivity contribution in [3.63, 3.8) is 0 Å². The first kappa shape index (κ1) is 20.4. The lowest BCUT2D eigenvalue weighted by Crippen LogP contribution is -2.50. The Kier molecular flexibility index (Phi) is 6.32. The van der Waals surface area contributed by atoms with Crippen LogP contribution in [0.1, 0.15) is 56.9 Å². The smallest absolute Gasteiger partial charge is 0.269 e. The number of anilines is 1. The maximum Gasteiger partial charge on any atom is 0.269 e. The second kappa shape index (κ2) is 8.36. The lowest BCUT2D eigenvalue weighted by molar-refractivity contribution is 0.0593. The summed E-state index contributed by atoms with van der Waals surface area (Å²) >= 11 is 6.37. The molecule has 0 spiro atoms. The Morgan fingerprint density at radius 3 is 2.48 bits per heavy atom. The van der Waals surface area contributed by atoms with E-state index in [-0.39, 0.29) is 5.91 Å².